The third-order valence-electron chi connectivity index (χ3n) is 1.34. The van der Waals surface area contributed by atoms with Gasteiger partial charge in [-0.2, -0.15) is 5.26 Å². The monoisotopic (exact) mass is 225 g/mol. The summed E-state index contributed by atoms with van der Waals surface area (Å²) >= 11 is 3.25. The minimum Gasteiger partial charge on any atom is -0.491 e. The van der Waals surface area contributed by atoms with E-state index in [4.69, 9.17) is 10.00 Å². The van der Waals surface area contributed by atoms with E-state index in [1.54, 1.807) is 12.1 Å². The molecule has 3 heteroatoms. The lowest BCUT2D eigenvalue weighted by Crippen LogP contribution is -1.99. The summed E-state index contributed by atoms with van der Waals surface area (Å²) in [7, 11) is 0. The van der Waals surface area contributed by atoms with Crippen molar-refractivity contribution in [2.75, 3.05) is 11.9 Å². The highest BCUT2D eigenvalue weighted by atomic mass is 79.9. The summed E-state index contributed by atoms with van der Waals surface area (Å²) in [6.07, 6.45) is 0. The lowest BCUT2D eigenvalue weighted by molar-refractivity contribution is 0.344. The summed E-state index contributed by atoms with van der Waals surface area (Å²) < 4.78 is 5.31. The molecule has 0 spiro atoms. The summed E-state index contributed by atoms with van der Waals surface area (Å²) in [6, 6.07) is 9.27. The van der Waals surface area contributed by atoms with Gasteiger partial charge in [-0.3, -0.25) is 0 Å². The fourth-order valence-electron chi connectivity index (χ4n) is 0.833. The second-order valence-electron chi connectivity index (χ2n) is 2.15. The van der Waals surface area contributed by atoms with Crippen molar-refractivity contribution in [2.45, 2.75) is 0 Å². The van der Waals surface area contributed by atoms with E-state index in [1.165, 1.54) is 0 Å². The molecule has 2 nitrogen and oxygen atoms in total. The Morgan fingerprint density at radius 3 is 2.83 bits per heavy atom. The van der Waals surface area contributed by atoms with Crippen LogP contribution in [-0.4, -0.2) is 11.9 Å². The summed E-state index contributed by atoms with van der Waals surface area (Å²) in [6.45, 7) is 0.582. The second-order valence-corrected chi connectivity index (χ2v) is 2.94. The molecule has 0 fully saturated rings. The average Bonchev–Trinajstić information content (AvgIpc) is 2.15. The first-order valence-corrected chi connectivity index (χ1v) is 4.68. The number of ether oxygens (including phenoxy) is 1. The lowest BCUT2D eigenvalue weighted by atomic mass is 10.2. The zero-order valence-corrected chi connectivity index (χ0v) is 8.04. The standard InChI is InChI=1S/C9H8BrNO/c10-5-6-12-9-4-2-1-3-8(9)7-11/h1-4H,5-6H2. The van der Waals surface area contributed by atoms with Crippen molar-refractivity contribution in [1.29, 1.82) is 5.26 Å². The summed E-state index contributed by atoms with van der Waals surface area (Å²) in [4.78, 5) is 0. The van der Waals surface area contributed by atoms with E-state index in [2.05, 4.69) is 22.0 Å². The first-order chi connectivity index (χ1) is 5.88. The van der Waals surface area contributed by atoms with Crippen molar-refractivity contribution >= 4 is 15.9 Å². The van der Waals surface area contributed by atoms with Crippen LogP contribution < -0.4 is 4.74 Å². The van der Waals surface area contributed by atoms with Gasteiger partial charge in [-0.15, -0.1) is 0 Å². The maximum absolute atomic E-state index is 8.68. The number of hydrogen-bond acceptors (Lipinski definition) is 2. The second kappa shape index (κ2) is 4.78. The fourth-order valence-corrected chi connectivity index (χ4v) is 0.995. The van der Waals surface area contributed by atoms with Gasteiger partial charge in [0.15, 0.2) is 0 Å². The van der Waals surface area contributed by atoms with Gasteiger partial charge in [0.2, 0.25) is 0 Å². The molecule has 0 N–H and O–H groups in total. The van der Waals surface area contributed by atoms with Gasteiger partial charge in [-0.25, -0.2) is 0 Å². The van der Waals surface area contributed by atoms with Crippen molar-refractivity contribution < 1.29 is 4.74 Å². The molecule has 0 heterocycles. The summed E-state index contributed by atoms with van der Waals surface area (Å²) in [5.41, 5.74) is 0.582. The van der Waals surface area contributed by atoms with Crippen LogP contribution in [0.25, 0.3) is 0 Å². The minimum absolute atomic E-state index is 0.582. The van der Waals surface area contributed by atoms with Gasteiger partial charge in [0.1, 0.15) is 11.8 Å². The van der Waals surface area contributed by atoms with Crippen molar-refractivity contribution in [1.82, 2.24) is 0 Å². The molecule has 62 valence electrons. The third kappa shape index (κ3) is 2.24. The molecule has 0 aliphatic rings. The van der Waals surface area contributed by atoms with E-state index >= 15 is 0 Å². The molecule has 0 atom stereocenters. The molecule has 0 radical (unpaired) electrons. The molecule has 0 saturated heterocycles. The molecule has 1 aromatic carbocycles. The van der Waals surface area contributed by atoms with Gasteiger partial charge in [0.25, 0.3) is 0 Å². The topological polar surface area (TPSA) is 33.0 Å². The van der Waals surface area contributed by atoms with E-state index < -0.39 is 0 Å². The van der Waals surface area contributed by atoms with Crippen LogP contribution in [0.4, 0.5) is 0 Å². The number of nitrogens with zero attached hydrogens (tertiary/aromatic N) is 1. The fraction of sp³-hybridized carbons (Fsp3) is 0.222. The number of para-hydroxylation sites is 1. The Morgan fingerprint density at radius 1 is 1.42 bits per heavy atom. The Bertz CT molecular complexity index is 293. The highest BCUT2D eigenvalue weighted by Crippen LogP contribution is 2.16. The third-order valence-corrected chi connectivity index (χ3v) is 1.67. The van der Waals surface area contributed by atoms with Crippen LogP contribution in [0.2, 0.25) is 0 Å². The number of benzene rings is 1. The molecule has 0 aliphatic carbocycles. The Kier molecular flexibility index (Phi) is 3.62. The van der Waals surface area contributed by atoms with Crippen LogP contribution in [0.1, 0.15) is 5.56 Å². The van der Waals surface area contributed by atoms with E-state index in [0.29, 0.717) is 17.9 Å². The van der Waals surface area contributed by atoms with Crippen molar-refractivity contribution in [3.8, 4) is 11.8 Å². The van der Waals surface area contributed by atoms with Crippen LogP contribution in [0.15, 0.2) is 24.3 Å². The van der Waals surface area contributed by atoms with E-state index in [1.807, 2.05) is 12.1 Å². The number of hydrogen-bond donors (Lipinski definition) is 0. The summed E-state index contributed by atoms with van der Waals surface area (Å²) in [5, 5.41) is 9.45. The van der Waals surface area contributed by atoms with Crippen LogP contribution >= 0.6 is 15.9 Å². The quantitative estimate of drug-likeness (QED) is 0.741. The van der Waals surface area contributed by atoms with Crippen LogP contribution in [0.5, 0.6) is 5.75 Å². The van der Waals surface area contributed by atoms with Crippen molar-refractivity contribution in [2.24, 2.45) is 0 Å². The van der Waals surface area contributed by atoms with Gasteiger partial charge in [0, 0.05) is 5.33 Å². The number of nitriles is 1. The SMILES string of the molecule is N#Cc1ccccc1OCCBr. The first-order valence-electron chi connectivity index (χ1n) is 3.56. The van der Waals surface area contributed by atoms with Gasteiger partial charge in [0.05, 0.1) is 12.2 Å². The molecule has 0 saturated carbocycles. The molecule has 0 aliphatic heterocycles. The molecular weight excluding hydrogens is 218 g/mol. The maximum atomic E-state index is 8.68. The van der Waals surface area contributed by atoms with Gasteiger partial charge in [-0.1, -0.05) is 28.1 Å². The number of halogens is 1. The smallest absolute Gasteiger partial charge is 0.137 e. The zero-order chi connectivity index (χ0) is 8.81. The molecule has 12 heavy (non-hydrogen) atoms. The Hall–Kier alpha value is -1.01. The van der Waals surface area contributed by atoms with Gasteiger partial charge in [-0.05, 0) is 12.1 Å². The van der Waals surface area contributed by atoms with E-state index in [0.717, 1.165) is 5.33 Å². The molecule has 0 aromatic heterocycles. The maximum Gasteiger partial charge on any atom is 0.137 e. The Labute approximate surface area is 79.9 Å². The predicted molar refractivity (Wildman–Crippen MR) is 50.4 cm³/mol. The normalized spacial score (nSPS) is 9.00. The molecule has 1 aromatic rings. The summed E-state index contributed by atoms with van der Waals surface area (Å²) in [5.74, 6) is 0.652. The highest BCUT2D eigenvalue weighted by Gasteiger charge is 1.99. The first kappa shape index (κ1) is 9.08. The van der Waals surface area contributed by atoms with Crippen LogP contribution in [0, 0.1) is 11.3 Å². The molecular formula is C9H8BrNO. The Morgan fingerprint density at radius 2 is 2.17 bits per heavy atom. The highest BCUT2D eigenvalue weighted by molar-refractivity contribution is 9.09. The zero-order valence-electron chi connectivity index (χ0n) is 6.46. The molecule has 1 rings (SSSR count). The predicted octanol–water partition coefficient (Wildman–Crippen LogP) is 2.33. The average molecular weight is 226 g/mol. The van der Waals surface area contributed by atoms with Crippen molar-refractivity contribution in [3.63, 3.8) is 0 Å². The minimum atomic E-state index is 0.582. The van der Waals surface area contributed by atoms with E-state index in [-0.39, 0.29) is 0 Å². The van der Waals surface area contributed by atoms with Crippen LogP contribution in [0.3, 0.4) is 0 Å². The number of alkyl halides is 1. The molecule has 0 bridgehead atoms. The van der Waals surface area contributed by atoms with Gasteiger partial charge < -0.3 is 4.74 Å². The van der Waals surface area contributed by atoms with Crippen molar-refractivity contribution in [3.05, 3.63) is 29.8 Å². The van der Waals surface area contributed by atoms with E-state index in [9.17, 15) is 0 Å². The number of rotatable bonds is 3. The van der Waals surface area contributed by atoms with Gasteiger partial charge >= 0.3 is 0 Å². The Balaban J connectivity index is 2.77. The largest absolute Gasteiger partial charge is 0.491 e. The molecule has 0 amide bonds. The lowest BCUT2D eigenvalue weighted by Gasteiger charge is -2.04. The molecule has 0 unspecified atom stereocenters. The van der Waals surface area contributed by atoms with Crippen LogP contribution in [-0.2, 0) is 0 Å².